The van der Waals surface area contributed by atoms with Crippen LogP contribution in [-0.2, 0) is 14.6 Å². The molecule has 0 unspecified atom stereocenters. The van der Waals surface area contributed by atoms with Crippen molar-refractivity contribution in [3.05, 3.63) is 53.3 Å². The molecule has 10 nitrogen and oxygen atoms in total. The maximum atomic E-state index is 14.3. The molecule has 0 bridgehead atoms. The Morgan fingerprint density at radius 3 is 2.50 bits per heavy atom. The number of primary amides is 1. The number of carbonyl (C=O) groups excluding carboxylic acids is 3. The van der Waals surface area contributed by atoms with Crippen LogP contribution in [0, 0.1) is 11.7 Å². The van der Waals surface area contributed by atoms with Crippen molar-refractivity contribution >= 4 is 39.1 Å². The van der Waals surface area contributed by atoms with Gasteiger partial charge in [-0.05, 0) is 60.7 Å². The molecule has 1 heterocycles. The Morgan fingerprint density at radius 2 is 1.87 bits per heavy atom. The second kappa shape index (κ2) is 11.8. The quantitative estimate of drug-likeness (QED) is 0.440. The van der Waals surface area contributed by atoms with E-state index in [4.69, 9.17) is 5.73 Å². The molecule has 1 saturated heterocycles. The van der Waals surface area contributed by atoms with Crippen molar-refractivity contribution in [3.8, 4) is 0 Å². The molecular weight excluding hydrogens is 513 g/mol. The number of carbonyl (C=O) groups is 3. The van der Waals surface area contributed by atoms with Gasteiger partial charge >= 0.3 is 6.03 Å². The molecule has 1 atom stereocenters. The maximum absolute atomic E-state index is 14.3. The van der Waals surface area contributed by atoms with Gasteiger partial charge in [0.15, 0.2) is 9.84 Å². The van der Waals surface area contributed by atoms with Crippen LogP contribution in [0.2, 0.25) is 0 Å². The first-order valence-electron chi connectivity index (χ1n) is 12.3. The number of anilines is 2. The molecule has 3 rings (SSSR count). The first kappa shape index (κ1) is 28.9. The fourth-order valence-electron chi connectivity index (χ4n) is 4.41. The predicted octanol–water partition coefficient (Wildman–Crippen LogP) is 3.22. The first-order chi connectivity index (χ1) is 17.8. The van der Waals surface area contributed by atoms with Crippen molar-refractivity contribution in [2.45, 2.75) is 37.6 Å². The summed E-state index contributed by atoms with van der Waals surface area (Å²) in [5.74, 6) is -1.92. The van der Waals surface area contributed by atoms with Gasteiger partial charge < -0.3 is 26.2 Å². The van der Waals surface area contributed by atoms with Crippen LogP contribution in [0.3, 0.4) is 0 Å². The van der Waals surface area contributed by atoms with E-state index in [1.165, 1.54) is 29.2 Å². The van der Waals surface area contributed by atoms with Crippen LogP contribution in [0.4, 0.5) is 20.6 Å². The minimum atomic E-state index is -3.68. The standard InChI is InChI=1S/C26H34FN5O5S/c1-16(2)15-38(36,37)23-10-8-18(30-26(35)31(3)4)13-19(23)22-6-5-11-32(22)24(33)14-29-21-12-17(25(28)34)7-9-20(21)27/h7-10,12-13,16,22,29H,5-6,11,14-15H2,1-4H3,(H2,28,34)(H,30,35)/t22-/m1/s1. The Kier molecular flexibility index (Phi) is 8.97. The Hall–Kier alpha value is -3.67. The Bertz CT molecular complexity index is 1330. The molecule has 0 saturated carbocycles. The third-order valence-electron chi connectivity index (χ3n) is 6.17. The van der Waals surface area contributed by atoms with Crippen LogP contribution in [0.1, 0.15) is 48.7 Å². The largest absolute Gasteiger partial charge is 0.374 e. The zero-order chi connectivity index (χ0) is 28.2. The van der Waals surface area contributed by atoms with E-state index < -0.39 is 27.6 Å². The van der Waals surface area contributed by atoms with E-state index in [2.05, 4.69) is 10.6 Å². The summed E-state index contributed by atoms with van der Waals surface area (Å²) in [6.07, 6.45) is 1.16. The van der Waals surface area contributed by atoms with Crippen molar-refractivity contribution in [2.24, 2.45) is 11.7 Å². The monoisotopic (exact) mass is 547 g/mol. The van der Waals surface area contributed by atoms with Crippen molar-refractivity contribution in [1.82, 2.24) is 9.80 Å². The highest BCUT2D eigenvalue weighted by Gasteiger charge is 2.34. The van der Waals surface area contributed by atoms with Crippen LogP contribution < -0.4 is 16.4 Å². The van der Waals surface area contributed by atoms with Gasteiger partial charge in [0, 0.05) is 31.9 Å². The molecule has 0 aromatic heterocycles. The number of likely N-dealkylation sites (tertiary alicyclic amines) is 1. The second-order valence-corrected chi connectivity index (χ2v) is 11.9. The number of hydrogen-bond donors (Lipinski definition) is 3. The van der Waals surface area contributed by atoms with Crippen LogP contribution in [0.15, 0.2) is 41.3 Å². The lowest BCUT2D eigenvalue weighted by atomic mass is 10.0. The zero-order valence-corrected chi connectivity index (χ0v) is 22.8. The van der Waals surface area contributed by atoms with Crippen LogP contribution in [0.5, 0.6) is 0 Å². The van der Waals surface area contributed by atoms with Crippen LogP contribution in [-0.4, -0.2) is 69.0 Å². The summed E-state index contributed by atoms with van der Waals surface area (Å²) >= 11 is 0. The number of benzene rings is 2. The smallest absolute Gasteiger partial charge is 0.321 e. The van der Waals surface area contributed by atoms with Crippen molar-refractivity contribution in [3.63, 3.8) is 0 Å². The van der Waals surface area contributed by atoms with Crippen molar-refractivity contribution in [2.75, 3.05) is 43.6 Å². The number of halogens is 1. The molecule has 2 aromatic carbocycles. The zero-order valence-electron chi connectivity index (χ0n) is 22.0. The predicted molar refractivity (Wildman–Crippen MR) is 143 cm³/mol. The maximum Gasteiger partial charge on any atom is 0.321 e. The Balaban J connectivity index is 1.92. The number of nitrogens with one attached hydrogen (secondary N) is 2. The fraction of sp³-hybridized carbons (Fsp3) is 0.423. The number of sulfone groups is 1. The van der Waals surface area contributed by atoms with Gasteiger partial charge in [-0.3, -0.25) is 9.59 Å². The highest BCUT2D eigenvalue weighted by atomic mass is 32.2. The molecule has 1 fully saturated rings. The summed E-state index contributed by atoms with van der Waals surface area (Å²) < 4.78 is 40.8. The minimum Gasteiger partial charge on any atom is -0.374 e. The van der Waals surface area contributed by atoms with E-state index in [9.17, 15) is 27.2 Å². The number of amides is 4. The summed E-state index contributed by atoms with van der Waals surface area (Å²) in [6.45, 7) is 3.73. The van der Waals surface area contributed by atoms with E-state index >= 15 is 0 Å². The molecule has 4 N–H and O–H groups in total. The van der Waals surface area contributed by atoms with Crippen molar-refractivity contribution in [1.29, 1.82) is 0 Å². The number of rotatable bonds is 9. The van der Waals surface area contributed by atoms with Crippen LogP contribution in [0.25, 0.3) is 0 Å². The summed E-state index contributed by atoms with van der Waals surface area (Å²) in [7, 11) is -0.507. The minimum absolute atomic E-state index is 0.0426. The number of nitrogens with zero attached hydrogens (tertiary/aromatic N) is 2. The summed E-state index contributed by atoms with van der Waals surface area (Å²) in [5.41, 5.74) is 6.15. The van der Waals surface area contributed by atoms with Gasteiger partial charge in [-0.2, -0.15) is 0 Å². The highest BCUT2D eigenvalue weighted by molar-refractivity contribution is 7.91. The van der Waals surface area contributed by atoms with Gasteiger partial charge in [0.25, 0.3) is 0 Å². The average molecular weight is 548 g/mol. The molecule has 1 aliphatic heterocycles. The van der Waals surface area contributed by atoms with Crippen LogP contribution >= 0.6 is 0 Å². The van der Waals surface area contributed by atoms with Gasteiger partial charge in [0.2, 0.25) is 11.8 Å². The third-order valence-corrected chi connectivity index (χ3v) is 8.32. The van der Waals surface area contributed by atoms with Gasteiger partial charge in [-0.25, -0.2) is 17.6 Å². The molecule has 12 heteroatoms. The fourth-order valence-corrected chi connectivity index (χ4v) is 6.30. The molecule has 206 valence electrons. The van der Waals surface area contributed by atoms with Gasteiger partial charge in [-0.1, -0.05) is 13.8 Å². The van der Waals surface area contributed by atoms with E-state index in [1.54, 1.807) is 25.1 Å². The third kappa shape index (κ3) is 6.80. The van der Waals surface area contributed by atoms with E-state index in [1.807, 2.05) is 13.8 Å². The Morgan fingerprint density at radius 1 is 1.16 bits per heavy atom. The molecule has 0 spiro atoms. The Labute approximate surface area is 222 Å². The van der Waals surface area contributed by atoms with E-state index in [0.717, 1.165) is 6.07 Å². The molecule has 38 heavy (non-hydrogen) atoms. The molecule has 0 radical (unpaired) electrons. The average Bonchev–Trinajstić information content (AvgIpc) is 3.32. The molecule has 0 aliphatic carbocycles. The first-order valence-corrected chi connectivity index (χ1v) is 13.9. The molecule has 1 aliphatic rings. The lowest BCUT2D eigenvalue weighted by Gasteiger charge is -2.28. The highest BCUT2D eigenvalue weighted by Crippen LogP contribution is 2.38. The lowest BCUT2D eigenvalue weighted by Crippen LogP contribution is -2.36. The number of hydrogen-bond acceptors (Lipinski definition) is 6. The summed E-state index contributed by atoms with van der Waals surface area (Å²) in [4.78, 5) is 39.9. The summed E-state index contributed by atoms with van der Waals surface area (Å²) in [5, 5.41) is 5.46. The lowest BCUT2D eigenvalue weighted by molar-refractivity contribution is -0.130. The molecule has 2 aromatic rings. The normalized spacial score (nSPS) is 15.4. The number of nitrogens with two attached hydrogens (primary N) is 1. The SMILES string of the molecule is CC(C)CS(=O)(=O)c1ccc(NC(=O)N(C)C)cc1[C@H]1CCCN1C(=O)CNc1cc(C(N)=O)ccc1F. The second-order valence-electron chi connectivity index (χ2n) is 9.91. The number of urea groups is 1. The van der Waals surface area contributed by atoms with Gasteiger partial charge in [0.1, 0.15) is 5.82 Å². The summed E-state index contributed by atoms with van der Waals surface area (Å²) in [6, 6.07) is 7.26. The van der Waals surface area contributed by atoms with E-state index in [0.29, 0.717) is 30.6 Å². The molecule has 4 amide bonds. The van der Waals surface area contributed by atoms with E-state index in [-0.39, 0.29) is 46.3 Å². The topological polar surface area (TPSA) is 142 Å². The van der Waals surface area contributed by atoms with Gasteiger partial charge in [0.05, 0.1) is 28.9 Å². The van der Waals surface area contributed by atoms with Gasteiger partial charge in [-0.15, -0.1) is 0 Å². The molecular formula is C26H34FN5O5S. The van der Waals surface area contributed by atoms with Crippen molar-refractivity contribution < 1.29 is 27.2 Å².